The molecule has 1 saturated carbocycles. The van der Waals surface area contributed by atoms with E-state index in [1.54, 1.807) is 0 Å². The van der Waals surface area contributed by atoms with E-state index in [1.807, 2.05) is 0 Å². The van der Waals surface area contributed by atoms with Crippen LogP contribution >= 0.6 is 0 Å². The monoisotopic (exact) mass is 140 g/mol. The Balaban J connectivity index is 2.40. The summed E-state index contributed by atoms with van der Waals surface area (Å²) in [5, 5.41) is 8.45. The van der Waals surface area contributed by atoms with Gasteiger partial charge in [0, 0.05) is 0 Å². The van der Waals surface area contributed by atoms with Crippen molar-refractivity contribution in [3.05, 3.63) is 12.2 Å². The fourth-order valence-electron chi connectivity index (χ4n) is 1.44. The van der Waals surface area contributed by atoms with Crippen LogP contribution in [0, 0.1) is 5.92 Å². The number of hydrogen-bond acceptors (Lipinski definition) is 1. The minimum absolute atomic E-state index is 0.262. The second-order valence-corrected chi connectivity index (χ2v) is 2.85. The maximum Gasteiger partial charge on any atom is 0.303 e. The van der Waals surface area contributed by atoms with Gasteiger partial charge in [-0.3, -0.25) is 4.79 Å². The van der Waals surface area contributed by atoms with Crippen molar-refractivity contribution in [3.63, 3.8) is 0 Å². The predicted molar refractivity (Wildman–Crippen MR) is 38.7 cm³/mol. The van der Waals surface area contributed by atoms with Gasteiger partial charge < -0.3 is 5.11 Å². The van der Waals surface area contributed by atoms with Crippen LogP contribution in [0.3, 0.4) is 0 Å². The molecular formula is C8H12O2. The second-order valence-electron chi connectivity index (χ2n) is 2.85. The Labute approximate surface area is 60.6 Å². The van der Waals surface area contributed by atoms with Crippen molar-refractivity contribution in [2.24, 2.45) is 5.92 Å². The van der Waals surface area contributed by atoms with E-state index in [0.29, 0.717) is 0 Å². The van der Waals surface area contributed by atoms with E-state index in [2.05, 4.69) is 6.58 Å². The second kappa shape index (κ2) is 2.86. The van der Waals surface area contributed by atoms with Crippen LogP contribution in [0.1, 0.15) is 25.7 Å². The Hall–Kier alpha value is -0.790. The SMILES string of the molecule is C=C1CCCC1CC(=O)O. The highest BCUT2D eigenvalue weighted by atomic mass is 16.4. The van der Waals surface area contributed by atoms with Crippen LogP contribution in [0.25, 0.3) is 0 Å². The van der Waals surface area contributed by atoms with Gasteiger partial charge in [-0.2, -0.15) is 0 Å². The van der Waals surface area contributed by atoms with E-state index in [0.717, 1.165) is 24.8 Å². The quantitative estimate of drug-likeness (QED) is 0.594. The maximum absolute atomic E-state index is 10.3. The molecule has 1 rings (SSSR count). The maximum atomic E-state index is 10.3. The zero-order valence-corrected chi connectivity index (χ0v) is 5.97. The average molecular weight is 140 g/mol. The molecule has 0 bridgehead atoms. The lowest BCUT2D eigenvalue weighted by Gasteiger charge is -2.05. The molecule has 2 nitrogen and oxygen atoms in total. The van der Waals surface area contributed by atoms with Gasteiger partial charge in [-0.25, -0.2) is 0 Å². The normalized spacial score (nSPS) is 25.2. The topological polar surface area (TPSA) is 37.3 Å². The van der Waals surface area contributed by atoms with Gasteiger partial charge in [-0.15, -0.1) is 0 Å². The molecule has 0 aromatic carbocycles. The van der Waals surface area contributed by atoms with Crippen molar-refractivity contribution in [1.29, 1.82) is 0 Å². The third kappa shape index (κ3) is 1.59. The lowest BCUT2D eigenvalue weighted by Crippen LogP contribution is -2.04. The number of rotatable bonds is 2. The number of hydrogen-bond donors (Lipinski definition) is 1. The van der Waals surface area contributed by atoms with Crippen LogP contribution in [0.2, 0.25) is 0 Å². The fraction of sp³-hybridized carbons (Fsp3) is 0.625. The third-order valence-corrected chi connectivity index (χ3v) is 2.05. The summed E-state index contributed by atoms with van der Waals surface area (Å²) in [6.07, 6.45) is 3.44. The number of allylic oxidation sites excluding steroid dienone is 1. The van der Waals surface area contributed by atoms with Crippen LogP contribution in [0.4, 0.5) is 0 Å². The highest BCUT2D eigenvalue weighted by Crippen LogP contribution is 2.31. The number of aliphatic carboxylic acids is 1. The molecule has 1 N–H and O–H groups in total. The van der Waals surface area contributed by atoms with Crippen LogP contribution < -0.4 is 0 Å². The molecule has 1 atom stereocenters. The molecule has 0 spiro atoms. The van der Waals surface area contributed by atoms with Crippen molar-refractivity contribution in [2.45, 2.75) is 25.7 Å². The van der Waals surface area contributed by atoms with Crippen molar-refractivity contribution >= 4 is 5.97 Å². The lowest BCUT2D eigenvalue weighted by molar-refractivity contribution is -0.137. The molecule has 10 heavy (non-hydrogen) atoms. The summed E-state index contributed by atoms with van der Waals surface area (Å²) in [6, 6.07) is 0. The highest BCUT2D eigenvalue weighted by molar-refractivity contribution is 5.67. The summed E-state index contributed by atoms with van der Waals surface area (Å²) in [5.41, 5.74) is 1.13. The van der Waals surface area contributed by atoms with Gasteiger partial charge in [0.05, 0.1) is 6.42 Å². The first kappa shape index (κ1) is 7.32. The number of carboxylic acids is 1. The van der Waals surface area contributed by atoms with Crippen molar-refractivity contribution in [1.82, 2.24) is 0 Å². The van der Waals surface area contributed by atoms with E-state index in [4.69, 9.17) is 5.11 Å². The molecule has 0 aromatic heterocycles. The van der Waals surface area contributed by atoms with E-state index in [1.165, 1.54) is 0 Å². The molecule has 1 aliphatic rings. The molecule has 0 amide bonds. The smallest absolute Gasteiger partial charge is 0.303 e. The third-order valence-electron chi connectivity index (χ3n) is 2.05. The van der Waals surface area contributed by atoms with Crippen molar-refractivity contribution in [2.75, 3.05) is 0 Å². The van der Waals surface area contributed by atoms with Gasteiger partial charge in [-0.1, -0.05) is 12.2 Å². The first-order chi connectivity index (χ1) is 4.70. The van der Waals surface area contributed by atoms with Gasteiger partial charge >= 0.3 is 5.97 Å². The zero-order valence-electron chi connectivity index (χ0n) is 5.97. The summed E-state index contributed by atoms with van der Waals surface area (Å²) in [5.74, 6) is -0.439. The molecule has 0 aliphatic heterocycles. The van der Waals surface area contributed by atoms with E-state index >= 15 is 0 Å². The molecule has 56 valence electrons. The van der Waals surface area contributed by atoms with Gasteiger partial charge in [0.25, 0.3) is 0 Å². The summed E-state index contributed by atoms with van der Waals surface area (Å²) in [6.45, 7) is 3.83. The van der Waals surface area contributed by atoms with E-state index in [9.17, 15) is 4.79 Å². The molecule has 1 fully saturated rings. The first-order valence-electron chi connectivity index (χ1n) is 3.59. The molecule has 2 heteroatoms. The van der Waals surface area contributed by atoms with E-state index < -0.39 is 5.97 Å². The highest BCUT2D eigenvalue weighted by Gasteiger charge is 2.21. The Kier molecular flexibility index (Phi) is 2.10. The molecule has 0 radical (unpaired) electrons. The minimum Gasteiger partial charge on any atom is -0.481 e. The summed E-state index contributed by atoms with van der Waals surface area (Å²) in [4.78, 5) is 10.3. The van der Waals surface area contributed by atoms with Gasteiger partial charge in [0.2, 0.25) is 0 Å². The average Bonchev–Trinajstić information content (AvgIpc) is 2.15. The predicted octanol–water partition coefficient (Wildman–Crippen LogP) is 1.82. The number of carbonyl (C=O) groups is 1. The van der Waals surface area contributed by atoms with Crippen LogP contribution in [0.15, 0.2) is 12.2 Å². The van der Waals surface area contributed by atoms with Crippen LogP contribution in [0.5, 0.6) is 0 Å². The summed E-state index contributed by atoms with van der Waals surface area (Å²) >= 11 is 0. The van der Waals surface area contributed by atoms with Crippen molar-refractivity contribution in [3.8, 4) is 0 Å². The van der Waals surface area contributed by atoms with Crippen LogP contribution in [-0.2, 0) is 4.79 Å². The molecule has 0 aromatic rings. The molecule has 1 unspecified atom stereocenters. The van der Waals surface area contributed by atoms with Crippen LogP contribution in [-0.4, -0.2) is 11.1 Å². The molecule has 1 aliphatic carbocycles. The van der Waals surface area contributed by atoms with Gasteiger partial charge in [0.1, 0.15) is 0 Å². The Bertz CT molecular complexity index is 161. The number of carboxylic acid groups (broad SMARTS) is 1. The Morgan fingerprint density at radius 3 is 2.90 bits per heavy atom. The molecule has 0 saturated heterocycles. The fourth-order valence-corrected chi connectivity index (χ4v) is 1.44. The Morgan fingerprint density at radius 1 is 1.80 bits per heavy atom. The minimum atomic E-state index is -0.701. The Morgan fingerprint density at radius 2 is 2.50 bits per heavy atom. The lowest BCUT2D eigenvalue weighted by atomic mass is 10.0. The zero-order chi connectivity index (χ0) is 7.56. The van der Waals surface area contributed by atoms with Gasteiger partial charge in [0.15, 0.2) is 0 Å². The van der Waals surface area contributed by atoms with Gasteiger partial charge in [-0.05, 0) is 25.2 Å². The molecular weight excluding hydrogens is 128 g/mol. The largest absolute Gasteiger partial charge is 0.481 e. The molecule has 0 heterocycles. The summed E-state index contributed by atoms with van der Waals surface area (Å²) < 4.78 is 0. The van der Waals surface area contributed by atoms with Crippen molar-refractivity contribution < 1.29 is 9.90 Å². The first-order valence-corrected chi connectivity index (χ1v) is 3.59. The van der Waals surface area contributed by atoms with E-state index in [-0.39, 0.29) is 12.3 Å². The standard InChI is InChI=1S/C8H12O2/c1-6-3-2-4-7(6)5-8(9)10/h7H,1-5H2,(H,9,10). The summed E-state index contributed by atoms with van der Waals surface area (Å²) in [7, 11) is 0.